The van der Waals surface area contributed by atoms with Crippen LogP contribution in [0.4, 0.5) is 0 Å². The number of aromatic nitrogens is 4. The quantitative estimate of drug-likeness (QED) is 0.0364. The van der Waals surface area contributed by atoms with Gasteiger partial charge in [-0.3, -0.25) is 0 Å². The molecular formula is C60H90Br2N4O2S. The molecule has 2 heterocycles. The third-order valence-electron chi connectivity index (χ3n) is 14.3. The zero-order chi connectivity index (χ0) is 48.7. The smallest absolute Gasteiger partial charge is 0.122 e. The molecule has 6 nitrogen and oxygen atoms in total. The topological polar surface area (TPSA) is 70.0 Å². The van der Waals surface area contributed by atoms with Crippen molar-refractivity contribution in [1.29, 1.82) is 0 Å². The first-order chi connectivity index (χ1) is 34.0. The second kappa shape index (κ2) is 34.7. The lowest BCUT2D eigenvalue weighted by atomic mass is 9.94. The summed E-state index contributed by atoms with van der Waals surface area (Å²) in [7, 11) is 0. The van der Waals surface area contributed by atoms with E-state index in [1.54, 1.807) is 0 Å². The van der Waals surface area contributed by atoms with Crippen molar-refractivity contribution in [2.45, 2.75) is 233 Å². The number of halogens is 2. The Balaban J connectivity index is 1.29. The molecule has 0 aliphatic heterocycles. The van der Waals surface area contributed by atoms with Crippen LogP contribution >= 0.6 is 43.6 Å². The van der Waals surface area contributed by atoms with Gasteiger partial charge in [-0.15, -0.1) is 0 Å². The van der Waals surface area contributed by atoms with E-state index in [1.165, 1.54) is 217 Å². The van der Waals surface area contributed by atoms with E-state index in [9.17, 15) is 0 Å². The van der Waals surface area contributed by atoms with Gasteiger partial charge in [0.2, 0.25) is 0 Å². The summed E-state index contributed by atoms with van der Waals surface area (Å²) >= 11 is 8.90. The number of fused-ring (bicyclic) bond motifs is 2. The summed E-state index contributed by atoms with van der Waals surface area (Å²) in [6, 6.07) is 17.1. The minimum Gasteiger partial charge on any atom is -0.493 e. The molecule has 2 unspecified atom stereocenters. The minimum atomic E-state index is 0.592. The van der Waals surface area contributed by atoms with Crippen LogP contribution < -0.4 is 9.47 Å². The Morgan fingerprint density at radius 2 is 0.652 bits per heavy atom. The summed E-state index contributed by atoms with van der Waals surface area (Å²) in [5.41, 5.74) is 6.71. The van der Waals surface area contributed by atoms with Crippen LogP contribution in [0.5, 0.6) is 11.5 Å². The van der Waals surface area contributed by atoms with Crippen LogP contribution in [-0.2, 0) is 0 Å². The average Bonchev–Trinajstić information content (AvgIpc) is 3.88. The van der Waals surface area contributed by atoms with Gasteiger partial charge < -0.3 is 9.47 Å². The third kappa shape index (κ3) is 20.4. The van der Waals surface area contributed by atoms with Gasteiger partial charge in [-0.2, -0.15) is 8.75 Å². The third-order valence-corrected chi connectivity index (χ3v) is 16.3. The van der Waals surface area contributed by atoms with Crippen molar-refractivity contribution in [1.82, 2.24) is 18.7 Å². The first-order valence-corrected chi connectivity index (χ1v) is 30.6. The first-order valence-electron chi connectivity index (χ1n) is 28.2. The molecule has 0 spiro atoms. The number of hydrogen-bond acceptors (Lipinski definition) is 7. The molecule has 0 radical (unpaired) electrons. The van der Waals surface area contributed by atoms with E-state index >= 15 is 0 Å². The molecule has 9 heteroatoms. The molecule has 0 saturated carbocycles. The Morgan fingerprint density at radius 3 is 0.942 bits per heavy atom. The number of benzene rings is 3. The molecule has 0 aliphatic carbocycles. The van der Waals surface area contributed by atoms with Gasteiger partial charge in [-0.05, 0) is 118 Å². The van der Waals surface area contributed by atoms with Crippen LogP contribution in [0.3, 0.4) is 0 Å². The summed E-state index contributed by atoms with van der Waals surface area (Å²) in [4.78, 5) is 10.7. The van der Waals surface area contributed by atoms with Gasteiger partial charge in [0.05, 0.1) is 45.3 Å². The zero-order valence-electron chi connectivity index (χ0n) is 43.6. The van der Waals surface area contributed by atoms with Crippen molar-refractivity contribution in [2.75, 3.05) is 13.2 Å². The fraction of sp³-hybridized carbons (Fsp3) is 0.667. The molecule has 382 valence electrons. The van der Waals surface area contributed by atoms with E-state index in [0.29, 0.717) is 11.8 Å². The second-order valence-electron chi connectivity index (χ2n) is 20.3. The molecule has 2 atom stereocenters. The van der Waals surface area contributed by atoms with E-state index < -0.39 is 0 Å². The Kier molecular flexibility index (Phi) is 28.8. The standard InChI is InChI=1S/C60H90Br2N4O2S/c1-5-9-13-17-21-23-27-31-35-47(33-29-25-19-15-11-7-3)45-67-51-41-37-49(38-42-51)55-56(64-58-54(62)60-59(65-69-66-60)53(61)57(58)63-55)50-39-43-52(44-40-50)68-46-48(34-30-26-20-16-12-8-4)36-32-28-24-22-18-14-10-6-2/h37-44,47-48H,5-36,45-46H2,1-4H3. The van der Waals surface area contributed by atoms with Crippen LogP contribution in [0.15, 0.2) is 57.5 Å². The number of unbranched alkanes of at least 4 members (excludes halogenated alkanes) is 24. The maximum absolute atomic E-state index is 6.60. The van der Waals surface area contributed by atoms with Gasteiger partial charge in [0.25, 0.3) is 0 Å². The van der Waals surface area contributed by atoms with Crippen molar-refractivity contribution in [2.24, 2.45) is 11.8 Å². The first kappa shape index (κ1) is 57.3. The van der Waals surface area contributed by atoms with Gasteiger partial charge in [-0.25, -0.2) is 9.97 Å². The van der Waals surface area contributed by atoms with Crippen molar-refractivity contribution >= 4 is 65.7 Å². The lowest BCUT2D eigenvalue weighted by Gasteiger charge is -2.19. The van der Waals surface area contributed by atoms with Crippen molar-refractivity contribution in [3.05, 3.63) is 57.5 Å². The molecule has 0 N–H and O–H groups in total. The number of nitrogens with zero attached hydrogens (tertiary/aromatic N) is 4. The van der Waals surface area contributed by atoms with Crippen molar-refractivity contribution in [3.63, 3.8) is 0 Å². The Morgan fingerprint density at radius 1 is 0.377 bits per heavy atom. The van der Waals surface area contributed by atoms with Crippen LogP contribution in [-0.4, -0.2) is 31.9 Å². The average molecular weight is 1090 g/mol. The fourth-order valence-corrected chi connectivity index (χ4v) is 11.8. The Labute approximate surface area is 440 Å². The summed E-state index contributed by atoms with van der Waals surface area (Å²) in [6.07, 6.45) is 42.8. The van der Waals surface area contributed by atoms with Crippen LogP contribution in [0, 0.1) is 11.8 Å². The maximum Gasteiger partial charge on any atom is 0.122 e. The predicted molar refractivity (Wildman–Crippen MR) is 305 cm³/mol. The molecule has 0 bridgehead atoms. The van der Waals surface area contributed by atoms with Crippen LogP contribution in [0.25, 0.3) is 44.6 Å². The van der Waals surface area contributed by atoms with Crippen molar-refractivity contribution in [3.8, 4) is 34.0 Å². The molecule has 0 fully saturated rings. The van der Waals surface area contributed by atoms with Gasteiger partial charge in [0.15, 0.2) is 0 Å². The van der Waals surface area contributed by atoms with E-state index in [0.717, 1.165) is 78.2 Å². The lowest BCUT2D eigenvalue weighted by Crippen LogP contribution is -2.12. The van der Waals surface area contributed by atoms with Crippen LogP contribution in [0.2, 0.25) is 0 Å². The van der Waals surface area contributed by atoms with Gasteiger partial charge >= 0.3 is 0 Å². The number of ether oxygens (including phenoxy) is 2. The van der Waals surface area contributed by atoms with Gasteiger partial charge in [-0.1, -0.05) is 207 Å². The summed E-state index contributed by atoms with van der Waals surface area (Å²) in [5.74, 6) is 3.01. The van der Waals surface area contributed by atoms with Crippen LogP contribution in [0.1, 0.15) is 233 Å². The van der Waals surface area contributed by atoms with E-state index in [2.05, 4.69) is 117 Å². The number of rotatable bonds is 40. The lowest BCUT2D eigenvalue weighted by molar-refractivity contribution is 0.224. The highest BCUT2D eigenvalue weighted by Crippen LogP contribution is 2.41. The van der Waals surface area contributed by atoms with Gasteiger partial charge in [0, 0.05) is 11.1 Å². The normalized spacial score (nSPS) is 12.6. The van der Waals surface area contributed by atoms with Gasteiger partial charge in [0.1, 0.15) is 33.6 Å². The highest BCUT2D eigenvalue weighted by Gasteiger charge is 2.22. The number of hydrogen-bond donors (Lipinski definition) is 0. The molecule has 3 aromatic carbocycles. The van der Waals surface area contributed by atoms with E-state index in [4.69, 9.17) is 19.4 Å². The molecule has 0 saturated heterocycles. The highest BCUT2D eigenvalue weighted by atomic mass is 79.9. The molecule has 5 aromatic rings. The summed E-state index contributed by atoms with van der Waals surface area (Å²) in [6.45, 7) is 10.7. The molecular weight excluding hydrogens is 1000 g/mol. The molecule has 69 heavy (non-hydrogen) atoms. The molecule has 0 aliphatic rings. The fourth-order valence-electron chi connectivity index (χ4n) is 9.87. The van der Waals surface area contributed by atoms with E-state index in [1.807, 2.05) is 0 Å². The zero-order valence-corrected chi connectivity index (χ0v) is 47.6. The van der Waals surface area contributed by atoms with E-state index in [-0.39, 0.29) is 0 Å². The molecule has 0 amide bonds. The SMILES string of the molecule is CCCCCCCCCCC(CCCCCCCC)COc1ccc(-c2nc3c(Br)c4nsnc4c(Br)c3nc2-c2ccc(OCC(CCCCCCCC)CCCCCCCCCC)cc2)cc1. The monoisotopic (exact) mass is 1090 g/mol. The Bertz CT molecular complexity index is 1960. The summed E-state index contributed by atoms with van der Waals surface area (Å²) in [5, 5.41) is 0. The largest absolute Gasteiger partial charge is 0.493 e. The minimum absolute atomic E-state index is 0.592. The predicted octanol–water partition coefficient (Wildman–Crippen LogP) is 21.0. The summed E-state index contributed by atoms with van der Waals surface area (Å²) < 4.78 is 24.0. The second-order valence-corrected chi connectivity index (χ2v) is 22.4. The molecule has 2 aromatic heterocycles. The van der Waals surface area contributed by atoms with Crippen molar-refractivity contribution < 1.29 is 9.47 Å². The maximum atomic E-state index is 6.60. The Hall–Kier alpha value is -2.62. The molecule has 5 rings (SSSR count). The highest BCUT2D eigenvalue weighted by molar-refractivity contribution is 9.11.